The quantitative estimate of drug-likeness (QED) is 0.487. The summed E-state index contributed by atoms with van der Waals surface area (Å²) in [6.45, 7) is 0.394. The normalized spacial score (nSPS) is 10.2. The van der Waals surface area contributed by atoms with Crippen molar-refractivity contribution in [1.29, 1.82) is 0 Å². The van der Waals surface area contributed by atoms with Crippen molar-refractivity contribution < 1.29 is 14.5 Å². The molecule has 0 fully saturated rings. The van der Waals surface area contributed by atoms with Gasteiger partial charge in [-0.05, 0) is 18.2 Å². The fourth-order valence-corrected chi connectivity index (χ4v) is 2.18. The molecule has 0 saturated carbocycles. The fraction of sp³-hybridized carbons (Fsp3) is 0.133. The molecule has 0 unspecified atom stereocenters. The van der Waals surface area contributed by atoms with Crippen LogP contribution in [0, 0.1) is 10.1 Å². The topological polar surface area (TPSA) is 81.5 Å². The van der Waals surface area contributed by atoms with Crippen LogP contribution < -0.4 is 10.1 Å². The van der Waals surface area contributed by atoms with Crippen LogP contribution in [0.4, 0.5) is 5.69 Å². The van der Waals surface area contributed by atoms with Crippen molar-refractivity contribution in [2.24, 2.45) is 0 Å². The lowest BCUT2D eigenvalue weighted by Crippen LogP contribution is -2.28. The minimum Gasteiger partial charge on any atom is -0.490 e. The lowest BCUT2D eigenvalue weighted by Gasteiger charge is -2.09. The molecule has 6 nitrogen and oxygen atoms in total. The highest BCUT2D eigenvalue weighted by atomic mass is 35.5. The number of halogens is 2. The van der Waals surface area contributed by atoms with E-state index >= 15 is 0 Å². The summed E-state index contributed by atoms with van der Waals surface area (Å²) in [6, 6.07) is 10.6. The molecule has 2 aromatic carbocycles. The predicted molar refractivity (Wildman–Crippen MR) is 87.4 cm³/mol. The van der Waals surface area contributed by atoms with Crippen molar-refractivity contribution in [3.8, 4) is 5.75 Å². The van der Waals surface area contributed by atoms with Crippen LogP contribution in [0.15, 0.2) is 42.5 Å². The fourth-order valence-electron chi connectivity index (χ4n) is 1.78. The summed E-state index contributed by atoms with van der Waals surface area (Å²) in [7, 11) is 0. The van der Waals surface area contributed by atoms with Crippen LogP contribution >= 0.6 is 23.2 Å². The highest BCUT2D eigenvalue weighted by Gasteiger charge is 2.15. The summed E-state index contributed by atoms with van der Waals surface area (Å²) in [6.07, 6.45) is 0. The predicted octanol–water partition coefficient (Wildman–Crippen LogP) is 3.71. The second-order valence-corrected chi connectivity index (χ2v) is 5.27. The van der Waals surface area contributed by atoms with Gasteiger partial charge in [-0.15, -0.1) is 0 Å². The number of nitro benzene ring substituents is 1. The molecule has 8 heteroatoms. The number of nitrogens with one attached hydrogen (secondary N) is 1. The summed E-state index contributed by atoms with van der Waals surface area (Å²) >= 11 is 11.8. The van der Waals surface area contributed by atoms with Crippen molar-refractivity contribution in [1.82, 2.24) is 5.32 Å². The van der Waals surface area contributed by atoms with E-state index in [2.05, 4.69) is 5.32 Å². The van der Waals surface area contributed by atoms with Crippen molar-refractivity contribution >= 4 is 34.8 Å². The highest BCUT2D eigenvalue weighted by Crippen LogP contribution is 2.23. The van der Waals surface area contributed by atoms with Gasteiger partial charge in [0.05, 0.1) is 27.1 Å². The monoisotopic (exact) mass is 354 g/mol. The third kappa shape index (κ3) is 4.58. The number of nitrogens with zero attached hydrogens (tertiary/aromatic N) is 1. The molecule has 0 spiro atoms. The molecule has 2 rings (SSSR count). The van der Waals surface area contributed by atoms with Crippen molar-refractivity contribution in [3.63, 3.8) is 0 Å². The number of hydrogen-bond acceptors (Lipinski definition) is 4. The summed E-state index contributed by atoms with van der Waals surface area (Å²) in [5.74, 6) is -0.00162. The molecular formula is C15H12Cl2N2O4. The highest BCUT2D eigenvalue weighted by molar-refractivity contribution is 6.34. The summed E-state index contributed by atoms with van der Waals surface area (Å²) in [5.41, 5.74) is -0.162. The first-order valence-corrected chi connectivity index (χ1v) is 7.34. The Bertz CT molecular complexity index is 737. The van der Waals surface area contributed by atoms with Gasteiger partial charge in [0.25, 0.3) is 11.6 Å². The van der Waals surface area contributed by atoms with Gasteiger partial charge in [-0.2, -0.15) is 0 Å². The van der Waals surface area contributed by atoms with Crippen molar-refractivity contribution in [2.45, 2.75) is 0 Å². The van der Waals surface area contributed by atoms with E-state index in [1.807, 2.05) is 0 Å². The molecule has 0 saturated heterocycles. The third-order valence-corrected chi connectivity index (χ3v) is 3.53. The molecule has 0 radical (unpaired) electrons. The first-order chi connectivity index (χ1) is 11.0. The van der Waals surface area contributed by atoms with Crippen LogP contribution in [-0.4, -0.2) is 24.0 Å². The first kappa shape index (κ1) is 17.1. The minimum atomic E-state index is -0.590. The van der Waals surface area contributed by atoms with Crippen LogP contribution in [0.3, 0.4) is 0 Å². The van der Waals surface area contributed by atoms with Crippen molar-refractivity contribution in [2.75, 3.05) is 13.2 Å². The molecule has 0 aliphatic carbocycles. The molecular weight excluding hydrogens is 343 g/mol. The van der Waals surface area contributed by atoms with Crippen molar-refractivity contribution in [3.05, 3.63) is 68.2 Å². The maximum atomic E-state index is 12.0. The molecule has 0 aromatic heterocycles. The van der Waals surface area contributed by atoms with E-state index in [1.54, 1.807) is 24.3 Å². The lowest BCUT2D eigenvalue weighted by atomic mass is 10.2. The Kier molecular flexibility index (Phi) is 5.78. The van der Waals surface area contributed by atoms with Crippen LogP contribution in [0.2, 0.25) is 10.0 Å². The number of benzene rings is 2. The van der Waals surface area contributed by atoms with Gasteiger partial charge < -0.3 is 10.1 Å². The molecule has 1 amide bonds. The number of rotatable bonds is 6. The van der Waals surface area contributed by atoms with Crippen LogP contribution in [0.1, 0.15) is 10.4 Å². The number of non-ortho nitro benzene ring substituents is 1. The molecule has 23 heavy (non-hydrogen) atoms. The minimum absolute atomic E-state index is 0.0404. The second kappa shape index (κ2) is 7.80. The lowest BCUT2D eigenvalue weighted by molar-refractivity contribution is -0.384. The van der Waals surface area contributed by atoms with Gasteiger partial charge in [-0.1, -0.05) is 35.3 Å². The van der Waals surface area contributed by atoms with Crippen LogP contribution in [0.5, 0.6) is 5.75 Å². The molecule has 120 valence electrons. The zero-order valence-electron chi connectivity index (χ0n) is 11.8. The van der Waals surface area contributed by atoms with E-state index in [-0.39, 0.29) is 29.4 Å². The van der Waals surface area contributed by atoms with Gasteiger partial charge in [0.2, 0.25) is 0 Å². The van der Waals surface area contributed by atoms with E-state index < -0.39 is 10.8 Å². The third-order valence-electron chi connectivity index (χ3n) is 2.89. The Hall–Kier alpha value is -2.31. The Balaban J connectivity index is 1.91. The number of ether oxygens (including phenoxy) is 1. The SMILES string of the molecule is O=C(NCCOc1ccccc1Cl)c1cc([N+](=O)[O-])ccc1Cl. The number of nitro groups is 1. The first-order valence-electron chi connectivity index (χ1n) is 6.58. The van der Waals surface area contributed by atoms with Gasteiger partial charge in [0.1, 0.15) is 12.4 Å². The molecule has 0 heterocycles. The number of carbonyl (C=O) groups excluding carboxylic acids is 1. The summed E-state index contributed by atoms with van der Waals surface area (Å²) < 4.78 is 5.43. The molecule has 0 atom stereocenters. The Morgan fingerprint density at radius 1 is 1.17 bits per heavy atom. The molecule has 2 aromatic rings. The standard InChI is InChI=1S/C15H12Cl2N2O4/c16-12-6-5-10(19(21)22)9-11(12)15(20)18-7-8-23-14-4-2-1-3-13(14)17/h1-6,9H,7-8H2,(H,18,20). The van der Waals surface area contributed by atoms with E-state index in [0.29, 0.717) is 10.8 Å². The number of hydrogen-bond donors (Lipinski definition) is 1. The van der Waals surface area contributed by atoms with Gasteiger partial charge >= 0.3 is 0 Å². The van der Waals surface area contributed by atoms with Crippen LogP contribution in [0.25, 0.3) is 0 Å². The maximum Gasteiger partial charge on any atom is 0.270 e. The van der Waals surface area contributed by atoms with Gasteiger partial charge in [-0.3, -0.25) is 14.9 Å². The number of amides is 1. The van der Waals surface area contributed by atoms with E-state index in [1.165, 1.54) is 12.1 Å². The largest absolute Gasteiger partial charge is 0.490 e. The second-order valence-electron chi connectivity index (χ2n) is 4.46. The van der Waals surface area contributed by atoms with Gasteiger partial charge in [0.15, 0.2) is 0 Å². The zero-order chi connectivity index (χ0) is 16.8. The number of carbonyl (C=O) groups is 1. The average molecular weight is 355 g/mol. The molecule has 0 bridgehead atoms. The molecule has 0 aliphatic rings. The summed E-state index contributed by atoms with van der Waals surface area (Å²) in [5, 5.41) is 13.9. The Morgan fingerprint density at radius 2 is 1.91 bits per heavy atom. The molecule has 0 aliphatic heterocycles. The van der Waals surface area contributed by atoms with E-state index in [9.17, 15) is 14.9 Å². The van der Waals surface area contributed by atoms with Crippen LogP contribution in [-0.2, 0) is 0 Å². The summed E-state index contributed by atoms with van der Waals surface area (Å²) in [4.78, 5) is 22.2. The number of para-hydroxylation sites is 1. The average Bonchev–Trinajstić information content (AvgIpc) is 2.53. The van der Waals surface area contributed by atoms with E-state index in [0.717, 1.165) is 6.07 Å². The zero-order valence-corrected chi connectivity index (χ0v) is 13.3. The molecule has 1 N–H and O–H groups in total. The van der Waals surface area contributed by atoms with Gasteiger partial charge in [0, 0.05) is 12.1 Å². The Morgan fingerprint density at radius 3 is 2.61 bits per heavy atom. The maximum absolute atomic E-state index is 12.0. The Labute approximate surface area is 142 Å². The van der Waals surface area contributed by atoms with E-state index in [4.69, 9.17) is 27.9 Å². The smallest absolute Gasteiger partial charge is 0.270 e. The van der Waals surface area contributed by atoms with Gasteiger partial charge in [-0.25, -0.2) is 0 Å².